The van der Waals surface area contributed by atoms with Crippen LogP contribution >= 0.6 is 0 Å². The Morgan fingerprint density at radius 2 is 1.75 bits per heavy atom. The van der Waals surface area contributed by atoms with E-state index in [1.165, 1.54) is 5.56 Å². The third-order valence-electron chi connectivity index (χ3n) is 2.77. The third-order valence-corrected chi connectivity index (χ3v) is 4.29. The molecule has 2 nitrogen and oxygen atoms in total. The van der Waals surface area contributed by atoms with E-state index in [0.29, 0.717) is 0 Å². The SMILES string of the molecule is Cc1ccc([S@](=O)[C@H]2O[C@@H]2C(C)(C)C)cc1. The van der Waals surface area contributed by atoms with Crippen molar-refractivity contribution < 1.29 is 8.95 Å². The second-order valence-electron chi connectivity index (χ2n) is 5.40. The lowest BCUT2D eigenvalue weighted by molar-refractivity contribution is 0.264. The van der Waals surface area contributed by atoms with Crippen molar-refractivity contribution in [2.75, 3.05) is 0 Å². The molecule has 3 heteroatoms. The molecule has 1 heterocycles. The lowest BCUT2D eigenvalue weighted by Gasteiger charge is -2.13. The molecule has 0 amide bonds. The molecule has 16 heavy (non-hydrogen) atoms. The number of rotatable bonds is 2. The van der Waals surface area contributed by atoms with Crippen molar-refractivity contribution in [3.8, 4) is 0 Å². The Labute approximate surface area is 99.5 Å². The van der Waals surface area contributed by atoms with Crippen molar-refractivity contribution in [1.82, 2.24) is 0 Å². The molecule has 0 spiro atoms. The van der Waals surface area contributed by atoms with Crippen LogP contribution in [-0.2, 0) is 15.5 Å². The Morgan fingerprint density at radius 1 is 1.19 bits per heavy atom. The van der Waals surface area contributed by atoms with Crippen LogP contribution in [-0.4, -0.2) is 15.7 Å². The van der Waals surface area contributed by atoms with Gasteiger partial charge in [0.25, 0.3) is 0 Å². The average Bonchev–Trinajstić information content (AvgIpc) is 2.96. The zero-order valence-electron chi connectivity index (χ0n) is 10.2. The molecule has 1 saturated heterocycles. The molecule has 1 aliphatic heterocycles. The van der Waals surface area contributed by atoms with E-state index >= 15 is 0 Å². The maximum Gasteiger partial charge on any atom is 0.164 e. The van der Waals surface area contributed by atoms with Crippen molar-refractivity contribution in [3.05, 3.63) is 29.8 Å². The topological polar surface area (TPSA) is 29.6 Å². The third kappa shape index (κ3) is 2.36. The molecule has 0 bridgehead atoms. The lowest BCUT2D eigenvalue weighted by atomic mass is 9.93. The zero-order valence-corrected chi connectivity index (χ0v) is 11.0. The van der Waals surface area contributed by atoms with Crippen LogP contribution in [0.2, 0.25) is 0 Å². The van der Waals surface area contributed by atoms with E-state index < -0.39 is 10.8 Å². The van der Waals surface area contributed by atoms with Gasteiger partial charge in [0, 0.05) is 4.90 Å². The van der Waals surface area contributed by atoms with Gasteiger partial charge >= 0.3 is 0 Å². The van der Waals surface area contributed by atoms with Crippen molar-refractivity contribution in [3.63, 3.8) is 0 Å². The van der Waals surface area contributed by atoms with Crippen LogP contribution in [0.4, 0.5) is 0 Å². The Kier molecular flexibility index (Phi) is 2.93. The molecule has 0 N–H and O–H groups in total. The van der Waals surface area contributed by atoms with Gasteiger partial charge in [-0.15, -0.1) is 0 Å². The van der Waals surface area contributed by atoms with Gasteiger partial charge in [0.1, 0.15) is 6.10 Å². The van der Waals surface area contributed by atoms with Crippen LogP contribution in [0.5, 0.6) is 0 Å². The molecule has 1 aromatic carbocycles. The van der Waals surface area contributed by atoms with Gasteiger partial charge in [-0.1, -0.05) is 38.5 Å². The molecule has 0 aliphatic carbocycles. The van der Waals surface area contributed by atoms with Crippen molar-refractivity contribution in [2.24, 2.45) is 5.41 Å². The number of aryl methyl sites for hydroxylation is 1. The molecule has 1 fully saturated rings. The van der Waals surface area contributed by atoms with Crippen LogP contribution < -0.4 is 0 Å². The van der Waals surface area contributed by atoms with E-state index in [9.17, 15) is 4.21 Å². The number of epoxide rings is 1. The highest BCUT2D eigenvalue weighted by molar-refractivity contribution is 7.85. The maximum atomic E-state index is 12.2. The van der Waals surface area contributed by atoms with Crippen molar-refractivity contribution in [2.45, 2.75) is 44.1 Å². The lowest BCUT2D eigenvalue weighted by Crippen LogP contribution is -2.18. The van der Waals surface area contributed by atoms with Gasteiger partial charge in [-0.3, -0.25) is 4.21 Å². The molecule has 2 rings (SSSR count). The molecule has 88 valence electrons. The smallest absolute Gasteiger partial charge is 0.164 e. The molecule has 1 aliphatic rings. The van der Waals surface area contributed by atoms with E-state index in [4.69, 9.17) is 4.74 Å². The highest BCUT2D eigenvalue weighted by Gasteiger charge is 2.51. The summed E-state index contributed by atoms with van der Waals surface area (Å²) >= 11 is 0. The Morgan fingerprint density at radius 3 is 2.19 bits per heavy atom. The standard InChI is InChI=1S/C13H18O2S/c1-9-5-7-10(8-6-9)16(14)12-11(15-12)13(2,3)4/h5-8,11-12H,1-4H3/t11-,12+,16-/m0/s1. The highest BCUT2D eigenvalue weighted by atomic mass is 32.2. The van der Waals surface area contributed by atoms with Gasteiger partial charge in [0.2, 0.25) is 0 Å². The van der Waals surface area contributed by atoms with Crippen LogP contribution in [0.25, 0.3) is 0 Å². The summed E-state index contributed by atoms with van der Waals surface area (Å²) in [7, 11) is -1.03. The Balaban J connectivity index is 2.08. The van der Waals surface area contributed by atoms with Crippen LogP contribution in [0, 0.1) is 12.3 Å². The second kappa shape index (κ2) is 3.97. The minimum atomic E-state index is -1.03. The fraction of sp³-hybridized carbons (Fsp3) is 0.538. The van der Waals surface area contributed by atoms with Crippen LogP contribution in [0.15, 0.2) is 29.2 Å². The summed E-state index contributed by atoms with van der Waals surface area (Å²) in [4.78, 5) is 0.863. The Hall–Kier alpha value is -0.670. The molecule has 0 radical (unpaired) electrons. The van der Waals surface area contributed by atoms with Gasteiger partial charge < -0.3 is 4.74 Å². The molecular weight excluding hydrogens is 220 g/mol. The molecule has 3 atom stereocenters. The Bertz CT molecular complexity index is 403. The maximum absolute atomic E-state index is 12.2. The zero-order chi connectivity index (χ0) is 11.9. The van der Waals surface area contributed by atoms with E-state index in [1.807, 2.05) is 31.2 Å². The first-order valence-electron chi connectivity index (χ1n) is 5.52. The monoisotopic (exact) mass is 238 g/mol. The molecule has 1 aromatic rings. The van der Waals surface area contributed by atoms with E-state index in [-0.39, 0.29) is 17.0 Å². The molecule has 0 saturated carbocycles. The first kappa shape index (κ1) is 11.8. The summed E-state index contributed by atoms with van der Waals surface area (Å²) in [6.07, 6.45) is 0.120. The minimum absolute atomic E-state index is 0.0744. The summed E-state index contributed by atoms with van der Waals surface area (Å²) in [5, 5.41) is 0. The van der Waals surface area contributed by atoms with Gasteiger partial charge in [-0.05, 0) is 24.5 Å². The molecule has 0 unspecified atom stereocenters. The highest BCUT2D eigenvalue weighted by Crippen LogP contribution is 2.41. The van der Waals surface area contributed by atoms with Crippen molar-refractivity contribution >= 4 is 10.8 Å². The summed E-state index contributed by atoms with van der Waals surface area (Å²) in [6, 6.07) is 7.82. The van der Waals surface area contributed by atoms with Gasteiger partial charge in [-0.25, -0.2) is 0 Å². The first-order valence-corrected chi connectivity index (χ1v) is 6.73. The predicted octanol–water partition coefficient (Wildman–Crippen LogP) is 2.87. The fourth-order valence-corrected chi connectivity index (χ4v) is 3.21. The van der Waals surface area contributed by atoms with E-state index in [0.717, 1.165) is 4.90 Å². The van der Waals surface area contributed by atoms with E-state index in [2.05, 4.69) is 20.8 Å². The number of hydrogen-bond acceptors (Lipinski definition) is 2. The van der Waals surface area contributed by atoms with Crippen LogP contribution in [0.1, 0.15) is 26.3 Å². The quantitative estimate of drug-likeness (QED) is 0.741. The number of ether oxygens (including phenoxy) is 1. The summed E-state index contributed by atoms with van der Waals surface area (Å²) in [5.74, 6) is 0. The molecular formula is C13H18O2S. The summed E-state index contributed by atoms with van der Waals surface area (Å²) in [6.45, 7) is 8.37. The van der Waals surface area contributed by atoms with Crippen LogP contribution in [0.3, 0.4) is 0 Å². The number of benzene rings is 1. The summed E-state index contributed by atoms with van der Waals surface area (Å²) in [5.41, 5.74) is 1.14. The van der Waals surface area contributed by atoms with Crippen molar-refractivity contribution in [1.29, 1.82) is 0 Å². The fourth-order valence-electron chi connectivity index (χ4n) is 1.68. The van der Waals surface area contributed by atoms with Gasteiger partial charge in [-0.2, -0.15) is 0 Å². The minimum Gasteiger partial charge on any atom is -0.354 e. The predicted molar refractivity (Wildman–Crippen MR) is 65.7 cm³/mol. The number of hydrogen-bond donors (Lipinski definition) is 0. The molecule has 0 aromatic heterocycles. The summed E-state index contributed by atoms with van der Waals surface area (Å²) < 4.78 is 17.7. The van der Waals surface area contributed by atoms with Gasteiger partial charge in [0.15, 0.2) is 5.44 Å². The van der Waals surface area contributed by atoms with E-state index in [1.54, 1.807) is 0 Å². The largest absolute Gasteiger partial charge is 0.354 e. The second-order valence-corrected chi connectivity index (χ2v) is 6.93. The van der Waals surface area contributed by atoms with Gasteiger partial charge in [0.05, 0.1) is 10.8 Å². The normalized spacial score (nSPS) is 26.5. The first-order chi connectivity index (χ1) is 7.39. The average molecular weight is 238 g/mol.